The Labute approximate surface area is 210 Å². The highest BCUT2D eigenvalue weighted by Crippen LogP contribution is 2.37. The van der Waals surface area contributed by atoms with Gasteiger partial charge in [0.1, 0.15) is 15.8 Å². The quantitative estimate of drug-likeness (QED) is 0.318. The van der Waals surface area contributed by atoms with Gasteiger partial charge in [0.15, 0.2) is 0 Å². The fourth-order valence-corrected chi connectivity index (χ4v) is 5.82. The second-order valence-corrected chi connectivity index (χ2v) is 10.8. The van der Waals surface area contributed by atoms with Crippen molar-refractivity contribution < 1.29 is 9.53 Å². The number of nitrogens with zero attached hydrogens (tertiary/aromatic N) is 3. The van der Waals surface area contributed by atoms with Crippen LogP contribution in [-0.2, 0) is 9.53 Å². The van der Waals surface area contributed by atoms with Crippen LogP contribution in [0.25, 0.3) is 11.7 Å². The van der Waals surface area contributed by atoms with Crippen LogP contribution in [0.1, 0.15) is 63.5 Å². The molecule has 1 N–H and O–H groups in total. The first kappa shape index (κ1) is 24.9. The van der Waals surface area contributed by atoms with E-state index in [2.05, 4.69) is 5.32 Å². The summed E-state index contributed by atoms with van der Waals surface area (Å²) in [6.07, 6.45) is 9.71. The number of fused-ring (bicyclic) bond motifs is 1. The minimum absolute atomic E-state index is 0.105. The lowest BCUT2D eigenvalue weighted by molar-refractivity contribution is -0.124. The lowest BCUT2D eigenvalue weighted by atomic mass is 9.94. The van der Waals surface area contributed by atoms with Crippen LogP contribution in [-0.4, -0.2) is 49.8 Å². The smallest absolute Gasteiger partial charge is 0.267 e. The van der Waals surface area contributed by atoms with Crippen LogP contribution in [0.3, 0.4) is 0 Å². The summed E-state index contributed by atoms with van der Waals surface area (Å²) in [4.78, 5) is 33.8. The van der Waals surface area contributed by atoms with E-state index in [0.29, 0.717) is 39.4 Å². The lowest BCUT2D eigenvalue weighted by Gasteiger charge is -2.29. The number of amides is 1. The number of hydrogen-bond donors (Lipinski definition) is 1. The van der Waals surface area contributed by atoms with Crippen LogP contribution in [0.4, 0.5) is 5.82 Å². The van der Waals surface area contributed by atoms with Crippen molar-refractivity contribution in [1.29, 1.82) is 0 Å². The lowest BCUT2D eigenvalue weighted by Crippen LogP contribution is -2.39. The SMILES string of the molecule is Cc1cccn2c(=O)c(/C=C3\SC(=S)N(C4CCCCC4)C3=O)c(NCCCOC(C)C)nc12. The van der Waals surface area contributed by atoms with Crippen molar-refractivity contribution in [2.24, 2.45) is 0 Å². The Morgan fingerprint density at radius 3 is 2.79 bits per heavy atom. The molecule has 3 heterocycles. The molecule has 1 saturated carbocycles. The molecule has 4 rings (SSSR count). The zero-order chi connectivity index (χ0) is 24.2. The van der Waals surface area contributed by atoms with Crippen molar-refractivity contribution in [1.82, 2.24) is 14.3 Å². The molecule has 182 valence electrons. The standard InChI is InChI=1S/C25H32N4O3S2/c1-16(2)32-14-8-12-26-21-19(23(30)28-13-7-9-17(3)22(28)27-21)15-20-24(31)29(25(33)34-20)18-10-5-4-6-11-18/h7,9,13,15-16,18,26H,4-6,8,10-12,14H2,1-3H3/b20-15-. The van der Waals surface area contributed by atoms with Gasteiger partial charge in [-0.2, -0.15) is 0 Å². The number of rotatable bonds is 8. The minimum Gasteiger partial charge on any atom is -0.379 e. The molecule has 1 aliphatic carbocycles. The van der Waals surface area contributed by atoms with Gasteiger partial charge in [0.25, 0.3) is 11.5 Å². The summed E-state index contributed by atoms with van der Waals surface area (Å²) >= 11 is 6.85. The molecule has 2 aliphatic rings. The number of hydrogen-bond acceptors (Lipinski definition) is 7. The van der Waals surface area contributed by atoms with E-state index in [0.717, 1.165) is 37.7 Å². The summed E-state index contributed by atoms with van der Waals surface area (Å²) in [5, 5.41) is 3.31. The average Bonchev–Trinajstić information content (AvgIpc) is 3.09. The molecule has 0 spiro atoms. The number of pyridine rings is 1. The van der Waals surface area contributed by atoms with Crippen LogP contribution in [0.2, 0.25) is 0 Å². The molecule has 0 bridgehead atoms. The normalized spacial score (nSPS) is 18.6. The second-order valence-electron chi connectivity index (χ2n) is 9.11. The second kappa shape index (κ2) is 11.0. The Morgan fingerprint density at radius 1 is 1.29 bits per heavy atom. The zero-order valence-corrected chi connectivity index (χ0v) is 21.6. The third kappa shape index (κ3) is 5.37. The first-order valence-electron chi connectivity index (χ1n) is 12.0. The number of aryl methyl sites for hydroxylation is 1. The Balaban J connectivity index is 1.67. The summed E-state index contributed by atoms with van der Waals surface area (Å²) in [5.41, 5.74) is 1.66. The van der Waals surface area contributed by atoms with Gasteiger partial charge in [-0.25, -0.2) is 4.98 Å². The predicted molar refractivity (Wildman–Crippen MR) is 142 cm³/mol. The molecule has 2 aromatic heterocycles. The third-order valence-electron chi connectivity index (χ3n) is 6.19. The van der Waals surface area contributed by atoms with Gasteiger partial charge >= 0.3 is 0 Å². The molecule has 0 atom stereocenters. The molecule has 0 radical (unpaired) electrons. The van der Waals surface area contributed by atoms with Crippen molar-refractivity contribution in [3.05, 3.63) is 44.7 Å². The molecule has 2 fully saturated rings. The first-order valence-corrected chi connectivity index (χ1v) is 13.2. The van der Waals surface area contributed by atoms with Gasteiger partial charge in [0.2, 0.25) is 0 Å². The number of aromatic nitrogens is 2. The highest BCUT2D eigenvalue weighted by molar-refractivity contribution is 8.26. The number of thioether (sulfide) groups is 1. The fraction of sp³-hybridized carbons (Fsp3) is 0.520. The van der Waals surface area contributed by atoms with Crippen LogP contribution in [0, 0.1) is 6.92 Å². The molecular weight excluding hydrogens is 468 g/mol. The average molecular weight is 501 g/mol. The number of nitrogens with one attached hydrogen (secondary N) is 1. The van der Waals surface area contributed by atoms with Crippen molar-refractivity contribution in [2.45, 2.75) is 71.4 Å². The van der Waals surface area contributed by atoms with Gasteiger partial charge < -0.3 is 10.1 Å². The Morgan fingerprint density at radius 2 is 2.06 bits per heavy atom. The summed E-state index contributed by atoms with van der Waals surface area (Å²) in [6.45, 7) is 7.15. The van der Waals surface area contributed by atoms with E-state index in [1.54, 1.807) is 17.2 Å². The van der Waals surface area contributed by atoms with Crippen molar-refractivity contribution in [2.75, 3.05) is 18.5 Å². The van der Waals surface area contributed by atoms with Gasteiger partial charge in [0, 0.05) is 25.4 Å². The number of carbonyl (C=O) groups excluding carboxylic acids is 1. The van der Waals surface area contributed by atoms with E-state index in [1.165, 1.54) is 22.6 Å². The largest absolute Gasteiger partial charge is 0.379 e. The topological polar surface area (TPSA) is 75.9 Å². The number of anilines is 1. The summed E-state index contributed by atoms with van der Waals surface area (Å²) in [6, 6.07) is 3.91. The highest BCUT2D eigenvalue weighted by atomic mass is 32.2. The zero-order valence-electron chi connectivity index (χ0n) is 20.0. The predicted octanol–water partition coefficient (Wildman–Crippen LogP) is 4.76. The maximum atomic E-state index is 13.5. The maximum Gasteiger partial charge on any atom is 0.267 e. The molecule has 9 heteroatoms. The van der Waals surface area contributed by atoms with Crippen molar-refractivity contribution in [3.8, 4) is 0 Å². The van der Waals surface area contributed by atoms with Crippen LogP contribution in [0.15, 0.2) is 28.0 Å². The first-order chi connectivity index (χ1) is 16.4. The molecule has 1 aliphatic heterocycles. The van der Waals surface area contributed by atoms with Crippen molar-refractivity contribution >= 4 is 51.7 Å². The number of carbonyl (C=O) groups is 1. The monoisotopic (exact) mass is 500 g/mol. The van der Waals surface area contributed by atoms with Crippen LogP contribution in [0.5, 0.6) is 0 Å². The van der Waals surface area contributed by atoms with E-state index in [-0.39, 0.29) is 23.6 Å². The van der Waals surface area contributed by atoms with Crippen LogP contribution < -0.4 is 10.9 Å². The van der Waals surface area contributed by atoms with Gasteiger partial charge in [0.05, 0.1) is 16.6 Å². The van der Waals surface area contributed by atoms with Crippen LogP contribution >= 0.6 is 24.0 Å². The van der Waals surface area contributed by atoms with E-state index in [1.807, 2.05) is 32.9 Å². The Bertz CT molecular complexity index is 1170. The van der Waals surface area contributed by atoms with E-state index in [9.17, 15) is 9.59 Å². The van der Waals surface area contributed by atoms with Gasteiger partial charge in [-0.15, -0.1) is 0 Å². The Hall–Kier alpha value is -2.23. The molecule has 34 heavy (non-hydrogen) atoms. The molecule has 2 aromatic rings. The number of ether oxygens (including phenoxy) is 1. The molecule has 7 nitrogen and oxygen atoms in total. The molecule has 0 aromatic carbocycles. The molecular formula is C25H32N4O3S2. The fourth-order valence-electron chi connectivity index (χ4n) is 4.44. The van der Waals surface area contributed by atoms with E-state index < -0.39 is 0 Å². The summed E-state index contributed by atoms with van der Waals surface area (Å²) in [7, 11) is 0. The van der Waals surface area contributed by atoms with Gasteiger partial charge in [-0.05, 0) is 57.7 Å². The maximum absolute atomic E-state index is 13.5. The van der Waals surface area contributed by atoms with E-state index >= 15 is 0 Å². The molecule has 0 unspecified atom stereocenters. The Kier molecular flexibility index (Phi) is 8.06. The van der Waals surface area contributed by atoms with E-state index in [4.69, 9.17) is 21.9 Å². The summed E-state index contributed by atoms with van der Waals surface area (Å²) in [5.74, 6) is 0.374. The van der Waals surface area contributed by atoms with Gasteiger partial charge in [-0.3, -0.25) is 18.9 Å². The summed E-state index contributed by atoms with van der Waals surface area (Å²) < 4.78 is 7.73. The third-order valence-corrected chi connectivity index (χ3v) is 7.52. The minimum atomic E-state index is -0.211. The number of thiocarbonyl (C=S) groups is 1. The van der Waals surface area contributed by atoms with Crippen molar-refractivity contribution in [3.63, 3.8) is 0 Å². The molecule has 1 amide bonds. The highest BCUT2D eigenvalue weighted by Gasteiger charge is 2.37. The van der Waals surface area contributed by atoms with Gasteiger partial charge in [-0.1, -0.05) is 49.3 Å². The molecule has 1 saturated heterocycles.